The zero-order valence-electron chi connectivity index (χ0n) is 12.2. The summed E-state index contributed by atoms with van der Waals surface area (Å²) in [5.41, 5.74) is 1.25. The molecule has 1 heterocycles. The molecule has 4 heteroatoms. The fourth-order valence-corrected chi connectivity index (χ4v) is 2.37. The van der Waals surface area contributed by atoms with E-state index in [2.05, 4.69) is 13.8 Å². The Morgan fingerprint density at radius 2 is 2.10 bits per heavy atom. The van der Waals surface area contributed by atoms with Crippen molar-refractivity contribution in [2.75, 3.05) is 19.7 Å². The number of ether oxygens (including phenoxy) is 1. The lowest BCUT2D eigenvalue weighted by molar-refractivity contribution is -0.136. The maximum atomic E-state index is 12.0. The molecule has 110 valence electrons. The Bertz CT molecular complexity index is 442. The summed E-state index contributed by atoms with van der Waals surface area (Å²) in [6, 6.07) is 7.84. The first-order valence-corrected chi connectivity index (χ1v) is 7.25. The van der Waals surface area contributed by atoms with Crippen LogP contribution < -0.4 is 4.74 Å². The van der Waals surface area contributed by atoms with E-state index in [0.29, 0.717) is 24.8 Å². The van der Waals surface area contributed by atoms with Gasteiger partial charge in [0.2, 0.25) is 0 Å². The van der Waals surface area contributed by atoms with Crippen LogP contribution >= 0.6 is 0 Å². The van der Waals surface area contributed by atoms with Gasteiger partial charge in [-0.05, 0) is 36.5 Å². The van der Waals surface area contributed by atoms with Crippen molar-refractivity contribution >= 4 is 5.91 Å². The van der Waals surface area contributed by atoms with Gasteiger partial charge in [0, 0.05) is 13.1 Å². The van der Waals surface area contributed by atoms with Gasteiger partial charge in [-0.3, -0.25) is 4.79 Å². The van der Waals surface area contributed by atoms with Gasteiger partial charge in [0.05, 0.1) is 6.10 Å². The maximum absolute atomic E-state index is 12.0. The van der Waals surface area contributed by atoms with Crippen LogP contribution in [0.3, 0.4) is 0 Å². The van der Waals surface area contributed by atoms with Crippen LogP contribution in [-0.4, -0.2) is 41.7 Å². The topological polar surface area (TPSA) is 49.8 Å². The van der Waals surface area contributed by atoms with Crippen molar-refractivity contribution < 1.29 is 14.6 Å². The average molecular weight is 277 g/mol. The molecule has 1 N–H and O–H groups in total. The van der Waals surface area contributed by atoms with Gasteiger partial charge in [0.15, 0.2) is 6.61 Å². The molecule has 1 aliphatic rings. The minimum absolute atomic E-state index is 0.0355. The molecule has 0 bridgehead atoms. The largest absolute Gasteiger partial charge is 0.484 e. The van der Waals surface area contributed by atoms with Gasteiger partial charge in [0.1, 0.15) is 5.75 Å². The molecule has 2 rings (SSSR count). The van der Waals surface area contributed by atoms with Gasteiger partial charge >= 0.3 is 0 Å². The van der Waals surface area contributed by atoms with E-state index >= 15 is 0 Å². The van der Waals surface area contributed by atoms with Crippen LogP contribution in [0.25, 0.3) is 0 Å². The first kappa shape index (κ1) is 14.9. The molecule has 1 aliphatic heterocycles. The van der Waals surface area contributed by atoms with E-state index in [1.807, 2.05) is 24.3 Å². The molecule has 1 unspecified atom stereocenters. The summed E-state index contributed by atoms with van der Waals surface area (Å²) in [6.45, 7) is 5.45. The third-order valence-electron chi connectivity index (χ3n) is 3.66. The molecule has 0 spiro atoms. The Morgan fingerprint density at radius 1 is 1.40 bits per heavy atom. The number of benzene rings is 1. The fourth-order valence-electron chi connectivity index (χ4n) is 2.37. The van der Waals surface area contributed by atoms with Crippen LogP contribution in [0.1, 0.15) is 38.2 Å². The molecule has 0 aliphatic carbocycles. The van der Waals surface area contributed by atoms with Crippen molar-refractivity contribution in [3.05, 3.63) is 29.8 Å². The summed E-state index contributed by atoms with van der Waals surface area (Å²) in [6.07, 6.45) is 1.25. The summed E-state index contributed by atoms with van der Waals surface area (Å²) in [5, 5.41) is 9.56. The van der Waals surface area contributed by atoms with E-state index in [0.717, 1.165) is 12.8 Å². The molecule has 1 saturated heterocycles. The lowest BCUT2D eigenvalue weighted by atomic mass is 10.0. The number of nitrogens with zero attached hydrogens (tertiary/aromatic N) is 1. The molecule has 1 amide bonds. The van der Waals surface area contributed by atoms with Gasteiger partial charge < -0.3 is 14.7 Å². The first-order valence-electron chi connectivity index (χ1n) is 7.25. The van der Waals surface area contributed by atoms with Gasteiger partial charge in [-0.2, -0.15) is 0 Å². The van der Waals surface area contributed by atoms with Gasteiger partial charge in [0.25, 0.3) is 5.91 Å². The molecule has 0 radical (unpaired) electrons. The van der Waals surface area contributed by atoms with Crippen LogP contribution in [0.15, 0.2) is 24.3 Å². The van der Waals surface area contributed by atoms with Crippen molar-refractivity contribution in [2.45, 2.75) is 38.7 Å². The predicted octanol–water partition coefficient (Wildman–Crippen LogP) is 2.17. The van der Waals surface area contributed by atoms with E-state index in [4.69, 9.17) is 4.74 Å². The third-order valence-corrected chi connectivity index (χ3v) is 3.66. The van der Waals surface area contributed by atoms with Crippen molar-refractivity contribution in [1.82, 2.24) is 4.90 Å². The Balaban J connectivity index is 1.83. The van der Waals surface area contributed by atoms with E-state index in [1.165, 1.54) is 5.56 Å². The molecule has 1 atom stereocenters. The predicted molar refractivity (Wildman–Crippen MR) is 77.8 cm³/mol. The molecule has 20 heavy (non-hydrogen) atoms. The highest BCUT2D eigenvalue weighted by atomic mass is 16.5. The molecule has 1 aromatic carbocycles. The summed E-state index contributed by atoms with van der Waals surface area (Å²) < 4.78 is 5.52. The van der Waals surface area contributed by atoms with E-state index in [-0.39, 0.29) is 12.5 Å². The highest BCUT2D eigenvalue weighted by molar-refractivity contribution is 5.77. The van der Waals surface area contributed by atoms with Crippen LogP contribution in [0.4, 0.5) is 0 Å². The van der Waals surface area contributed by atoms with Crippen molar-refractivity contribution in [2.24, 2.45) is 0 Å². The Hall–Kier alpha value is -1.55. The number of aliphatic hydroxyl groups excluding tert-OH is 1. The number of rotatable bonds is 4. The van der Waals surface area contributed by atoms with Gasteiger partial charge in [-0.25, -0.2) is 0 Å². The fraction of sp³-hybridized carbons (Fsp3) is 0.562. The van der Waals surface area contributed by atoms with E-state index in [9.17, 15) is 9.90 Å². The normalized spacial score (nSPS) is 19.2. The molecular weight excluding hydrogens is 254 g/mol. The third kappa shape index (κ3) is 3.97. The number of hydrogen-bond donors (Lipinski definition) is 1. The van der Waals surface area contributed by atoms with Crippen molar-refractivity contribution in [3.63, 3.8) is 0 Å². The summed E-state index contributed by atoms with van der Waals surface area (Å²) in [4.78, 5) is 13.7. The molecule has 0 aromatic heterocycles. The molecule has 1 fully saturated rings. The number of piperidine rings is 1. The SMILES string of the molecule is CC(C)c1ccc(OCC(=O)N2CCCC(O)C2)cc1. The van der Waals surface area contributed by atoms with Crippen LogP contribution in [0, 0.1) is 0 Å². The Labute approximate surface area is 120 Å². The minimum Gasteiger partial charge on any atom is -0.484 e. The monoisotopic (exact) mass is 277 g/mol. The zero-order chi connectivity index (χ0) is 14.5. The number of β-amino-alcohol motifs (C(OH)–C–C–N with tert-alkyl or cyclic N) is 1. The number of carbonyl (C=O) groups is 1. The second-order valence-corrected chi connectivity index (χ2v) is 5.65. The lowest BCUT2D eigenvalue weighted by Crippen LogP contribution is -2.44. The minimum atomic E-state index is -0.391. The number of carbonyl (C=O) groups excluding carboxylic acids is 1. The molecule has 1 aromatic rings. The van der Waals surface area contributed by atoms with Crippen LogP contribution in [-0.2, 0) is 4.79 Å². The second kappa shape index (κ2) is 6.75. The number of likely N-dealkylation sites (tertiary alicyclic amines) is 1. The average Bonchev–Trinajstić information content (AvgIpc) is 2.45. The van der Waals surface area contributed by atoms with E-state index in [1.54, 1.807) is 4.90 Å². The second-order valence-electron chi connectivity index (χ2n) is 5.65. The summed E-state index contributed by atoms with van der Waals surface area (Å²) in [5.74, 6) is 1.14. The smallest absolute Gasteiger partial charge is 0.260 e. The Kier molecular flexibility index (Phi) is 5.01. The van der Waals surface area contributed by atoms with Gasteiger partial charge in [-0.1, -0.05) is 26.0 Å². The summed E-state index contributed by atoms with van der Waals surface area (Å²) >= 11 is 0. The zero-order valence-corrected chi connectivity index (χ0v) is 12.2. The standard InChI is InChI=1S/C16H23NO3/c1-12(2)13-5-7-15(8-6-13)20-11-16(19)17-9-3-4-14(18)10-17/h5-8,12,14,18H,3-4,9-11H2,1-2H3. The number of aliphatic hydroxyl groups is 1. The maximum Gasteiger partial charge on any atom is 0.260 e. The first-order chi connectivity index (χ1) is 9.56. The van der Waals surface area contributed by atoms with Crippen molar-refractivity contribution in [1.29, 1.82) is 0 Å². The number of amides is 1. The highest BCUT2D eigenvalue weighted by Crippen LogP contribution is 2.18. The van der Waals surface area contributed by atoms with E-state index < -0.39 is 6.10 Å². The quantitative estimate of drug-likeness (QED) is 0.917. The molecule has 4 nitrogen and oxygen atoms in total. The van der Waals surface area contributed by atoms with Crippen LogP contribution in [0.5, 0.6) is 5.75 Å². The molecular formula is C16H23NO3. The molecule has 0 saturated carbocycles. The Morgan fingerprint density at radius 3 is 2.70 bits per heavy atom. The highest BCUT2D eigenvalue weighted by Gasteiger charge is 2.22. The summed E-state index contributed by atoms with van der Waals surface area (Å²) in [7, 11) is 0. The number of hydrogen-bond acceptors (Lipinski definition) is 3. The lowest BCUT2D eigenvalue weighted by Gasteiger charge is -2.30. The van der Waals surface area contributed by atoms with Crippen molar-refractivity contribution in [3.8, 4) is 5.75 Å². The van der Waals surface area contributed by atoms with Gasteiger partial charge in [-0.15, -0.1) is 0 Å². The van der Waals surface area contributed by atoms with Crippen LogP contribution in [0.2, 0.25) is 0 Å².